The quantitative estimate of drug-likeness (QED) is 0.879. The van der Waals surface area contributed by atoms with E-state index in [1.807, 2.05) is 0 Å². The molecular weight excluding hydrogens is 236 g/mol. The fraction of sp³-hybridized carbons (Fsp3) is 0. The van der Waals surface area contributed by atoms with Crippen molar-refractivity contribution < 1.29 is 18.7 Å². The molecular formula is C10H5F2NO2S. The highest BCUT2D eigenvalue weighted by molar-refractivity contribution is 7.13. The van der Waals surface area contributed by atoms with Gasteiger partial charge in [0.1, 0.15) is 5.01 Å². The van der Waals surface area contributed by atoms with Crippen LogP contribution in [-0.4, -0.2) is 16.1 Å². The SMILES string of the molecule is O=C(O)c1csc(-c2ccc(F)c(F)c2)n1. The number of thiazole rings is 1. The molecule has 2 aromatic rings. The minimum absolute atomic E-state index is 0.107. The molecule has 82 valence electrons. The Labute approximate surface area is 93.0 Å². The lowest BCUT2D eigenvalue weighted by atomic mass is 10.2. The summed E-state index contributed by atoms with van der Waals surface area (Å²) < 4.78 is 25.6. The van der Waals surface area contributed by atoms with Gasteiger partial charge >= 0.3 is 5.97 Å². The van der Waals surface area contributed by atoms with Crippen LogP contribution in [-0.2, 0) is 0 Å². The maximum absolute atomic E-state index is 12.9. The van der Waals surface area contributed by atoms with Gasteiger partial charge in [-0.1, -0.05) is 0 Å². The zero-order chi connectivity index (χ0) is 11.7. The molecule has 1 N–H and O–H groups in total. The molecule has 2 rings (SSSR count). The number of hydrogen-bond acceptors (Lipinski definition) is 3. The average molecular weight is 241 g/mol. The van der Waals surface area contributed by atoms with Crippen molar-refractivity contribution in [2.75, 3.05) is 0 Å². The Balaban J connectivity index is 2.42. The van der Waals surface area contributed by atoms with E-state index in [0.717, 1.165) is 23.5 Å². The van der Waals surface area contributed by atoms with Crippen molar-refractivity contribution >= 4 is 17.3 Å². The third kappa shape index (κ3) is 1.92. The molecule has 0 atom stereocenters. The molecule has 0 unspecified atom stereocenters. The number of aromatic carboxylic acids is 1. The molecule has 0 bridgehead atoms. The Bertz CT molecular complexity index is 554. The number of halogens is 2. The first-order valence-electron chi connectivity index (χ1n) is 4.22. The first kappa shape index (κ1) is 10.7. The number of benzene rings is 1. The molecule has 0 aliphatic carbocycles. The second kappa shape index (κ2) is 3.97. The van der Waals surface area contributed by atoms with Crippen molar-refractivity contribution in [2.24, 2.45) is 0 Å². The van der Waals surface area contributed by atoms with Crippen molar-refractivity contribution in [2.45, 2.75) is 0 Å². The molecule has 1 aromatic carbocycles. The lowest BCUT2D eigenvalue weighted by Gasteiger charge is -1.96. The van der Waals surface area contributed by atoms with Gasteiger partial charge < -0.3 is 5.11 Å². The highest BCUT2D eigenvalue weighted by Crippen LogP contribution is 2.25. The van der Waals surface area contributed by atoms with E-state index in [0.29, 0.717) is 10.6 Å². The maximum Gasteiger partial charge on any atom is 0.355 e. The lowest BCUT2D eigenvalue weighted by molar-refractivity contribution is 0.0691. The van der Waals surface area contributed by atoms with E-state index >= 15 is 0 Å². The van der Waals surface area contributed by atoms with Gasteiger partial charge in [-0.05, 0) is 18.2 Å². The Morgan fingerprint density at radius 1 is 1.31 bits per heavy atom. The third-order valence-electron chi connectivity index (χ3n) is 1.89. The summed E-state index contributed by atoms with van der Waals surface area (Å²) in [6, 6.07) is 3.31. The van der Waals surface area contributed by atoms with Crippen LogP contribution in [0.15, 0.2) is 23.6 Å². The third-order valence-corrected chi connectivity index (χ3v) is 2.78. The molecule has 0 radical (unpaired) electrons. The van der Waals surface area contributed by atoms with E-state index < -0.39 is 17.6 Å². The van der Waals surface area contributed by atoms with Crippen LogP contribution in [0, 0.1) is 11.6 Å². The molecule has 0 aliphatic rings. The predicted molar refractivity (Wildman–Crippen MR) is 54.4 cm³/mol. The molecule has 1 aromatic heterocycles. The summed E-state index contributed by atoms with van der Waals surface area (Å²) in [5.74, 6) is -3.08. The van der Waals surface area contributed by atoms with E-state index in [4.69, 9.17) is 5.11 Å². The molecule has 0 aliphatic heterocycles. The van der Waals surface area contributed by atoms with E-state index in [-0.39, 0.29) is 5.69 Å². The van der Waals surface area contributed by atoms with E-state index in [1.54, 1.807) is 0 Å². The van der Waals surface area contributed by atoms with Crippen molar-refractivity contribution in [1.82, 2.24) is 4.98 Å². The average Bonchev–Trinajstić information content (AvgIpc) is 2.71. The standard InChI is InChI=1S/C10H5F2NO2S/c11-6-2-1-5(3-7(6)12)9-13-8(4-16-9)10(14)15/h1-4H,(H,14,15). The second-order valence-corrected chi connectivity index (χ2v) is 3.83. The van der Waals surface area contributed by atoms with Gasteiger partial charge in [0.2, 0.25) is 0 Å². The van der Waals surface area contributed by atoms with Gasteiger partial charge in [0.15, 0.2) is 17.3 Å². The lowest BCUT2D eigenvalue weighted by Crippen LogP contribution is -1.95. The van der Waals surface area contributed by atoms with Crippen LogP contribution in [0.1, 0.15) is 10.5 Å². The molecule has 3 nitrogen and oxygen atoms in total. The molecule has 6 heteroatoms. The largest absolute Gasteiger partial charge is 0.476 e. The van der Waals surface area contributed by atoms with Crippen LogP contribution in [0.2, 0.25) is 0 Å². The van der Waals surface area contributed by atoms with Crippen molar-refractivity contribution in [3.05, 3.63) is 40.9 Å². The van der Waals surface area contributed by atoms with E-state index in [2.05, 4.69) is 4.98 Å². The predicted octanol–water partition coefficient (Wildman–Crippen LogP) is 2.79. The summed E-state index contributed by atoms with van der Waals surface area (Å²) in [7, 11) is 0. The molecule has 0 spiro atoms. The topological polar surface area (TPSA) is 50.2 Å². The van der Waals surface area contributed by atoms with Crippen LogP contribution < -0.4 is 0 Å². The molecule has 1 heterocycles. The zero-order valence-corrected chi connectivity index (χ0v) is 8.59. The first-order chi connectivity index (χ1) is 7.58. The normalized spacial score (nSPS) is 10.4. The van der Waals surface area contributed by atoms with Gasteiger partial charge in [0.05, 0.1) is 0 Å². The van der Waals surface area contributed by atoms with Crippen LogP contribution >= 0.6 is 11.3 Å². The minimum atomic E-state index is -1.15. The molecule has 16 heavy (non-hydrogen) atoms. The van der Waals surface area contributed by atoms with E-state index in [1.165, 1.54) is 11.4 Å². The first-order valence-corrected chi connectivity index (χ1v) is 5.10. The number of carboxylic acids is 1. The van der Waals surface area contributed by atoms with Gasteiger partial charge in [0.25, 0.3) is 0 Å². The van der Waals surface area contributed by atoms with Crippen LogP contribution in [0.25, 0.3) is 10.6 Å². The highest BCUT2D eigenvalue weighted by atomic mass is 32.1. The highest BCUT2D eigenvalue weighted by Gasteiger charge is 2.11. The number of carbonyl (C=O) groups is 1. The molecule has 0 saturated carbocycles. The number of rotatable bonds is 2. The summed E-state index contributed by atoms with van der Waals surface area (Å²) >= 11 is 1.06. The Kier molecular flexibility index (Phi) is 2.66. The summed E-state index contributed by atoms with van der Waals surface area (Å²) in [4.78, 5) is 14.4. The summed E-state index contributed by atoms with van der Waals surface area (Å²) in [5.41, 5.74) is 0.251. The second-order valence-electron chi connectivity index (χ2n) is 2.97. The Morgan fingerprint density at radius 2 is 2.06 bits per heavy atom. The number of aromatic nitrogens is 1. The van der Waals surface area contributed by atoms with Crippen LogP contribution in [0.4, 0.5) is 8.78 Å². The fourth-order valence-corrected chi connectivity index (χ4v) is 1.92. The molecule has 0 saturated heterocycles. The van der Waals surface area contributed by atoms with Crippen LogP contribution in [0.5, 0.6) is 0 Å². The van der Waals surface area contributed by atoms with Gasteiger partial charge in [-0.3, -0.25) is 0 Å². The summed E-state index contributed by atoms with van der Waals surface area (Å²) in [6.07, 6.45) is 0. The molecule has 0 fully saturated rings. The van der Waals surface area contributed by atoms with Gasteiger partial charge in [-0.15, -0.1) is 11.3 Å². The van der Waals surface area contributed by atoms with Crippen molar-refractivity contribution in [3.8, 4) is 10.6 Å². The number of carboxylic acid groups (broad SMARTS) is 1. The summed E-state index contributed by atoms with van der Waals surface area (Å²) in [5, 5.41) is 10.3. The fourth-order valence-electron chi connectivity index (χ4n) is 1.13. The Morgan fingerprint density at radius 3 is 2.62 bits per heavy atom. The van der Waals surface area contributed by atoms with Crippen LogP contribution in [0.3, 0.4) is 0 Å². The molecule has 0 amide bonds. The zero-order valence-electron chi connectivity index (χ0n) is 7.78. The minimum Gasteiger partial charge on any atom is -0.476 e. The Hall–Kier alpha value is -1.82. The number of nitrogens with zero attached hydrogens (tertiary/aromatic N) is 1. The van der Waals surface area contributed by atoms with Gasteiger partial charge in [-0.25, -0.2) is 18.6 Å². The maximum atomic E-state index is 12.9. The smallest absolute Gasteiger partial charge is 0.355 e. The van der Waals surface area contributed by atoms with E-state index in [9.17, 15) is 13.6 Å². The van der Waals surface area contributed by atoms with Crippen molar-refractivity contribution in [1.29, 1.82) is 0 Å². The summed E-state index contributed by atoms with van der Waals surface area (Å²) in [6.45, 7) is 0. The number of hydrogen-bond donors (Lipinski definition) is 1. The van der Waals surface area contributed by atoms with Gasteiger partial charge in [-0.2, -0.15) is 0 Å². The van der Waals surface area contributed by atoms with Gasteiger partial charge in [0, 0.05) is 10.9 Å². The monoisotopic (exact) mass is 241 g/mol. The van der Waals surface area contributed by atoms with Crippen molar-refractivity contribution in [3.63, 3.8) is 0 Å².